The van der Waals surface area contributed by atoms with Crippen LogP contribution in [0.3, 0.4) is 0 Å². The van der Waals surface area contributed by atoms with E-state index in [1.54, 1.807) is 6.20 Å². The second kappa shape index (κ2) is 3.53. The summed E-state index contributed by atoms with van der Waals surface area (Å²) >= 11 is 0. The first-order valence-electron chi connectivity index (χ1n) is 5.72. The first-order chi connectivity index (χ1) is 8.56. The number of nitrogens with one attached hydrogen (secondary N) is 2. The molecule has 1 aromatic carbocycles. The number of rotatable bonds is 1. The van der Waals surface area contributed by atoms with Crippen LogP contribution in [-0.2, 0) is 0 Å². The van der Waals surface area contributed by atoms with Gasteiger partial charge < -0.3 is 15.8 Å². The molecule has 0 aliphatic heterocycles. The molecule has 0 aliphatic carbocycles. The monoisotopic (exact) mass is 242 g/mol. The predicted molar refractivity (Wildman–Crippen MR) is 72.0 cm³/mol. The quantitative estimate of drug-likeness (QED) is 0.567. The molecule has 0 unspecified atom stereocenters. The fraction of sp³-hybridized carbons (Fsp3) is 0.154. The van der Waals surface area contributed by atoms with Gasteiger partial charge in [-0.05, 0) is 31.5 Å². The largest absolute Gasteiger partial charge is 0.358 e. The Kier molecular flexibility index (Phi) is 2.10. The maximum atomic E-state index is 11.3. The van der Waals surface area contributed by atoms with Crippen molar-refractivity contribution in [2.45, 2.75) is 13.8 Å². The highest BCUT2D eigenvalue weighted by atomic mass is 16.1. The van der Waals surface area contributed by atoms with Crippen molar-refractivity contribution >= 4 is 10.9 Å². The lowest BCUT2D eigenvalue weighted by Gasteiger charge is -1.98. The Morgan fingerprint density at radius 1 is 1.22 bits per heavy atom. The van der Waals surface area contributed by atoms with Crippen molar-refractivity contribution < 1.29 is 0 Å². The molecule has 92 valence electrons. The summed E-state index contributed by atoms with van der Waals surface area (Å²) in [4.78, 5) is 17.4. The summed E-state index contributed by atoms with van der Waals surface area (Å²) in [6, 6.07) is 6.03. The number of hydrogen-bond acceptors (Lipinski definition) is 2. The molecule has 0 bridgehead atoms. The van der Waals surface area contributed by atoms with Crippen LogP contribution >= 0.6 is 0 Å². The molecular weight excluding hydrogens is 228 g/mol. The number of nitrogens with two attached hydrogens (primary N) is 1. The van der Waals surface area contributed by atoms with Crippen molar-refractivity contribution in [3.63, 3.8) is 0 Å². The summed E-state index contributed by atoms with van der Waals surface area (Å²) in [5.41, 5.74) is 4.84. The van der Waals surface area contributed by atoms with Gasteiger partial charge in [-0.25, -0.2) is 9.47 Å². The second-order valence-corrected chi connectivity index (χ2v) is 4.52. The predicted octanol–water partition coefficient (Wildman–Crippen LogP) is 1.66. The Balaban J connectivity index is 2.24. The van der Waals surface area contributed by atoms with E-state index in [0.29, 0.717) is 0 Å². The minimum atomic E-state index is -0.313. The summed E-state index contributed by atoms with van der Waals surface area (Å²) in [5.74, 6) is 5.49. The number of nitrogen functional groups attached to an aromatic ring is 1. The van der Waals surface area contributed by atoms with E-state index in [-0.39, 0.29) is 5.69 Å². The van der Waals surface area contributed by atoms with Crippen LogP contribution in [0.5, 0.6) is 0 Å². The van der Waals surface area contributed by atoms with E-state index < -0.39 is 0 Å². The normalized spacial score (nSPS) is 11.2. The molecule has 5 heteroatoms. The van der Waals surface area contributed by atoms with Crippen molar-refractivity contribution in [1.82, 2.24) is 14.6 Å². The molecule has 2 aromatic heterocycles. The van der Waals surface area contributed by atoms with Crippen LogP contribution in [0, 0.1) is 13.8 Å². The highest BCUT2D eigenvalue weighted by Crippen LogP contribution is 2.26. The van der Waals surface area contributed by atoms with Crippen LogP contribution in [0.2, 0.25) is 0 Å². The van der Waals surface area contributed by atoms with Crippen molar-refractivity contribution in [1.29, 1.82) is 0 Å². The summed E-state index contributed by atoms with van der Waals surface area (Å²) in [6.45, 7) is 4.13. The first-order valence-corrected chi connectivity index (χ1v) is 5.72. The van der Waals surface area contributed by atoms with E-state index in [1.807, 2.05) is 19.1 Å². The lowest BCUT2D eigenvalue weighted by atomic mass is 10.1. The molecular formula is C13H14N4O. The molecule has 0 saturated heterocycles. The van der Waals surface area contributed by atoms with Gasteiger partial charge in [0.05, 0.1) is 11.9 Å². The molecule has 18 heavy (non-hydrogen) atoms. The molecule has 2 heterocycles. The molecule has 4 N–H and O–H groups in total. The third-order valence-corrected chi connectivity index (χ3v) is 3.36. The van der Waals surface area contributed by atoms with Gasteiger partial charge in [-0.15, -0.1) is 0 Å². The van der Waals surface area contributed by atoms with E-state index in [4.69, 9.17) is 5.84 Å². The van der Waals surface area contributed by atoms with Crippen LogP contribution in [0.25, 0.3) is 22.2 Å². The van der Waals surface area contributed by atoms with Gasteiger partial charge in [-0.2, -0.15) is 0 Å². The standard InChI is InChI=1S/C13H14N4O/c1-7-8(2)15-11-4-3-9(5-10(7)11)12-6-17(14)13(18)16-12/h3-6,15H,14H2,1-2H3,(H,16,18). The van der Waals surface area contributed by atoms with Gasteiger partial charge in [0.1, 0.15) is 0 Å². The Labute approximate surface area is 103 Å². The van der Waals surface area contributed by atoms with Crippen molar-refractivity contribution in [2.24, 2.45) is 0 Å². The molecule has 0 aliphatic rings. The van der Waals surface area contributed by atoms with E-state index in [9.17, 15) is 4.79 Å². The number of nitrogens with zero attached hydrogens (tertiary/aromatic N) is 1. The third kappa shape index (κ3) is 1.44. The lowest BCUT2D eigenvalue weighted by molar-refractivity contribution is 0.937. The van der Waals surface area contributed by atoms with Gasteiger partial charge in [0, 0.05) is 22.2 Å². The van der Waals surface area contributed by atoms with E-state index >= 15 is 0 Å². The van der Waals surface area contributed by atoms with Crippen molar-refractivity contribution in [2.75, 3.05) is 5.84 Å². The highest BCUT2D eigenvalue weighted by molar-refractivity contribution is 5.88. The molecule has 3 aromatic rings. The summed E-state index contributed by atoms with van der Waals surface area (Å²) in [5, 5.41) is 1.16. The highest BCUT2D eigenvalue weighted by Gasteiger charge is 2.08. The summed E-state index contributed by atoms with van der Waals surface area (Å²) in [6.07, 6.45) is 1.60. The first kappa shape index (κ1) is 10.7. The van der Waals surface area contributed by atoms with Gasteiger partial charge in [0.2, 0.25) is 0 Å². The van der Waals surface area contributed by atoms with Gasteiger partial charge in [0.15, 0.2) is 0 Å². The topological polar surface area (TPSA) is 79.6 Å². The SMILES string of the molecule is Cc1[nH]c2ccc(-c3cn(N)c(=O)[nH]3)cc2c1C. The van der Waals surface area contributed by atoms with Crippen molar-refractivity contribution in [3.8, 4) is 11.3 Å². The molecule has 0 spiro atoms. The number of imidazole rings is 1. The van der Waals surface area contributed by atoms with Crippen LogP contribution in [0.15, 0.2) is 29.2 Å². The van der Waals surface area contributed by atoms with Gasteiger partial charge >= 0.3 is 5.69 Å². The average molecular weight is 242 g/mol. The number of H-pyrrole nitrogens is 2. The van der Waals surface area contributed by atoms with Gasteiger partial charge in [-0.1, -0.05) is 6.07 Å². The lowest BCUT2D eigenvalue weighted by Crippen LogP contribution is -2.22. The molecule has 0 atom stereocenters. The molecule has 0 saturated carbocycles. The summed E-state index contributed by atoms with van der Waals surface area (Å²) < 4.78 is 1.05. The van der Waals surface area contributed by atoms with Gasteiger partial charge in [0.25, 0.3) is 0 Å². The van der Waals surface area contributed by atoms with Gasteiger partial charge in [-0.3, -0.25) is 0 Å². The van der Waals surface area contributed by atoms with E-state index in [1.165, 1.54) is 5.56 Å². The van der Waals surface area contributed by atoms with Crippen LogP contribution < -0.4 is 11.5 Å². The summed E-state index contributed by atoms with van der Waals surface area (Å²) in [7, 11) is 0. The van der Waals surface area contributed by atoms with Crippen LogP contribution in [-0.4, -0.2) is 14.6 Å². The minimum Gasteiger partial charge on any atom is -0.358 e. The smallest absolute Gasteiger partial charge is 0.344 e. The average Bonchev–Trinajstić information content (AvgIpc) is 2.82. The number of fused-ring (bicyclic) bond motifs is 1. The van der Waals surface area contributed by atoms with E-state index in [0.717, 1.165) is 32.5 Å². The van der Waals surface area contributed by atoms with Crippen LogP contribution in [0.4, 0.5) is 0 Å². The number of aryl methyl sites for hydroxylation is 2. The number of benzene rings is 1. The van der Waals surface area contributed by atoms with Crippen molar-refractivity contribution in [3.05, 3.63) is 46.1 Å². The Morgan fingerprint density at radius 3 is 2.67 bits per heavy atom. The number of aromatic amines is 2. The van der Waals surface area contributed by atoms with Crippen LogP contribution in [0.1, 0.15) is 11.3 Å². The molecule has 3 rings (SSSR count). The molecule has 0 amide bonds. The van der Waals surface area contributed by atoms with E-state index in [2.05, 4.69) is 23.0 Å². The zero-order chi connectivity index (χ0) is 12.9. The Morgan fingerprint density at radius 2 is 2.00 bits per heavy atom. The Hall–Kier alpha value is -2.43. The fourth-order valence-electron chi connectivity index (χ4n) is 2.19. The number of hydrogen-bond donors (Lipinski definition) is 3. The maximum absolute atomic E-state index is 11.3. The maximum Gasteiger partial charge on any atom is 0.344 e. The zero-order valence-corrected chi connectivity index (χ0v) is 10.2. The third-order valence-electron chi connectivity index (χ3n) is 3.36. The minimum absolute atomic E-state index is 0.313. The molecule has 0 radical (unpaired) electrons. The molecule has 0 fully saturated rings. The number of aromatic nitrogens is 3. The molecule has 5 nitrogen and oxygen atoms in total. The zero-order valence-electron chi connectivity index (χ0n) is 10.2. The Bertz CT molecular complexity index is 791. The second-order valence-electron chi connectivity index (χ2n) is 4.52. The fourth-order valence-corrected chi connectivity index (χ4v) is 2.19.